The fraction of sp³-hybridized carbons (Fsp3) is 0.526. The molecule has 0 radical (unpaired) electrons. The quantitative estimate of drug-likeness (QED) is 0.619. The summed E-state index contributed by atoms with van der Waals surface area (Å²) >= 11 is 0. The van der Waals surface area contributed by atoms with Gasteiger partial charge in [-0.05, 0) is 38.7 Å². The van der Waals surface area contributed by atoms with Crippen LogP contribution in [0.25, 0.3) is 0 Å². The van der Waals surface area contributed by atoms with E-state index in [-0.39, 0.29) is 29.3 Å². The van der Waals surface area contributed by atoms with Crippen molar-refractivity contribution in [3.8, 4) is 0 Å². The van der Waals surface area contributed by atoms with Crippen molar-refractivity contribution >= 4 is 6.03 Å². The van der Waals surface area contributed by atoms with Crippen molar-refractivity contribution in [3.05, 3.63) is 52.2 Å². The summed E-state index contributed by atoms with van der Waals surface area (Å²) in [5.41, 5.74) is 0.683. The van der Waals surface area contributed by atoms with Crippen LogP contribution < -0.4 is 16.3 Å². The lowest BCUT2D eigenvalue weighted by Gasteiger charge is -2.45. The van der Waals surface area contributed by atoms with Gasteiger partial charge in [-0.2, -0.15) is 5.10 Å². The fourth-order valence-electron chi connectivity index (χ4n) is 3.90. The first-order chi connectivity index (χ1) is 12.9. The molecule has 1 aromatic heterocycles. The summed E-state index contributed by atoms with van der Waals surface area (Å²) in [4.78, 5) is 25.5. The zero-order chi connectivity index (χ0) is 19.3. The molecule has 0 saturated carbocycles. The number of hydrogen-bond donors (Lipinski definition) is 4. The van der Waals surface area contributed by atoms with Gasteiger partial charge in [-0.1, -0.05) is 30.3 Å². The predicted octanol–water partition coefficient (Wildman–Crippen LogP) is 1.81. The molecular weight excluding hydrogens is 346 g/mol. The zero-order valence-electron chi connectivity index (χ0n) is 15.8. The Kier molecular flexibility index (Phi) is 5.65. The Morgan fingerprint density at radius 2 is 2.04 bits per heavy atom. The van der Waals surface area contributed by atoms with Gasteiger partial charge in [0.25, 0.3) is 0 Å². The number of hydrogen-bond acceptors (Lipinski definition) is 4. The van der Waals surface area contributed by atoms with Crippen molar-refractivity contribution in [2.45, 2.75) is 50.7 Å². The summed E-state index contributed by atoms with van der Waals surface area (Å²) in [6, 6.07) is 10.2. The number of nitrogens with one attached hydrogen (secondary N) is 4. The first-order valence-corrected chi connectivity index (χ1v) is 9.23. The van der Waals surface area contributed by atoms with E-state index in [0.29, 0.717) is 19.0 Å². The minimum absolute atomic E-state index is 0.0241. The summed E-state index contributed by atoms with van der Waals surface area (Å²) in [6.45, 7) is 5.66. The Morgan fingerprint density at radius 1 is 1.26 bits per heavy atom. The highest BCUT2D eigenvalue weighted by Gasteiger charge is 2.41. The molecule has 0 aliphatic carbocycles. The zero-order valence-corrected chi connectivity index (χ0v) is 15.8. The molecule has 2 amide bonds. The molecule has 1 fully saturated rings. The Morgan fingerprint density at radius 3 is 2.70 bits per heavy atom. The van der Waals surface area contributed by atoms with E-state index in [2.05, 4.69) is 63.9 Å². The van der Waals surface area contributed by atoms with Gasteiger partial charge in [-0.3, -0.25) is 4.98 Å². The monoisotopic (exact) mass is 373 g/mol. The van der Waals surface area contributed by atoms with E-state index in [1.807, 2.05) is 6.07 Å². The van der Waals surface area contributed by atoms with Crippen LogP contribution in [0.1, 0.15) is 44.5 Å². The molecule has 0 spiro atoms. The second-order valence-electron chi connectivity index (χ2n) is 7.67. The number of ether oxygens (including phenoxy) is 1. The molecule has 1 aliphatic heterocycles. The standard InChI is InChI=1S/C19H27N5O3/c1-18(2)13-19(9-11-27-18,14-6-4-3-5-7-14)8-10-20-16(25)21-12-15-22-17(26)24-23-15/h3-7H,8-13H2,1-2H3,(H2,20,21,25)(H2,22,23,24,26)/t19-/m1/s1. The number of urea groups is 1. The van der Waals surface area contributed by atoms with Crippen LogP contribution in [0.15, 0.2) is 35.1 Å². The predicted molar refractivity (Wildman–Crippen MR) is 101 cm³/mol. The molecule has 0 unspecified atom stereocenters. The molecule has 1 aromatic carbocycles. The number of amides is 2. The SMILES string of the molecule is CC1(C)C[C@](CCNC(=O)NCc2n[nH]c(=O)[nH]2)(c2ccccc2)CCO1. The highest BCUT2D eigenvalue weighted by molar-refractivity contribution is 5.73. The molecule has 3 rings (SSSR count). The minimum atomic E-state index is -0.390. The van der Waals surface area contributed by atoms with Crippen molar-refractivity contribution in [2.24, 2.45) is 0 Å². The van der Waals surface area contributed by atoms with Crippen molar-refractivity contribution in [2.75, 3.05) is 13.2 Å². The van der Waals surface area contributed by atoms with Crippen molar-refractivity contribution in [1.29, 1.82) is 0 Å². The van der Waals surface area contributed by atoms with E-state index in [1.165, 1.54) is 5.56 Å². The second-order valence-corrected chi connectivity index (χ2v) is 7.67. The van der Waals surface area contributed by atoms with Crippen LogP contribution in [0.3, 0.4) is 0 Å². The number of benzene rings is 1. The molecule has 27 heavy (non-hydrogen) atoms. The van der Waals surface area contributed by atoms with E-state index in [4.69, 9.17) is 4.74 Å². The van der Waals surface area contributed by atoms with Crippen LogP contribution in [0.2, 0.25) is 0 Å². The molecular formula is C19H27N5O3. The van der Waals surface area contributed by atoms with Crippen molar-refractivity contribution in [1.82, 2.24) is 25.8 Å². The smallest absolute Gasteiger partial charge is 0.340 e. The third-order valence-corrected chi connectivity index (χ3v) is 5.08. The molecule has 2 aromatic rings. The van der Waals surface area contributed by atoms with E-state index in [1.54, 1.807) is 0 Å². The van der Waals surface area contributed by atoms with Crippen LogP contribution >= 0.6 is 0 Å². The number of rotatable bonds is 6. The van der Waals surface area contributed by atoms with Gasteiger partial charge in [-0.15, -0.1) is 0 Å². The van der Waals surface area contributed by atoms with Gasteiger partial charge in [-0.25, -0.2) is 14.7 Å². The average Bonchev–Trinajstić information content (AvgIpc) is 3.05. The number of aromatic amines is 2. The molecule has 146 valence electrons. The Balaban J connectivity index is 1.58. The third kappa shape index (κ3) is 4.97. The summed E-state index contributed by atoms with van der Waals surface area (Å²) in [6.07, 6.45) is 2.66. The van der Waals surface area contributed by atoms with Crippen molar-refractivity contribution in [3.63, 3.8) is 0 Å². The van der Waals surface area contributed by atoms with Crippen LogP contribution in [-0.4, -0.2) is 40.0 Å². The van der Waals surface area contributed by atoms with Gasteiger partial charge in [0, 0.05) is 18.6 Å². The summed E-state index contributed by atoms with van der Waals surface area (Å²) < 4.78 is 5.92. The molecule has 1 aliphatic rings. The second kappa shape index (κ2) is 7.96. The van der Waals surface area contributed by atoms with Gasteiger partial charge in [0.05, 0.1) is 12.1 Å². The number of carbonyl (C=O) groups is 1. The lowest BCUT2D eigenvalue weighted by molar-refractivity contribution is -0.0838. The summed E-state index contributed by atoms with van der Waals surface area (Å²) in [5, 5.41) is 11.6. The third-order valence-electron chi connectivity index (χ3n) is 5.08. The molecule has 8 nitrogen and oxygen atoms in total. The first-order valence-electron chi connectivity index (χ1n) is 9.23. The lowest BCUT2D eigenvalue weighted by Crippen LogP contribution is -2.46. The molecule has 2 heterocycles. The maximum absolute atomic E-state index is 12.1. The first kappa shape index (κ1) is 19.2. The Bertz CT molecular complexity index is 814. The van der Waals surface area contributed by atoms with Crippen LogP contribution in [-0.2, 0) is 16.7 Å². The maximum Gasteiger partial charge on any atom is 0.340 e. The normalized spacial score (nSPS) is 21.6. The van der Waals surface area contributed by atoms with Gasteiger partial charge in [0.2, 0.25) is 0 Å². The van der Waals surface area contributed by atoms with Crippen LogP contribution in [0, 0.1) is 0 Å². The topological polar surface area (TPSA) is 112 Å². The lowest BCUT2D eigenvalue weighted by atomic mass is 9.67. The van der Waals surface area contributed by atoms with Crippen LogP contribution in [0.4, 0.5) is 4.79 Å². The Hall–Kier alpha value is -2.61. The van der Waals surface area contributed by atoms with Crippen LogP contribution in [0.5, 0.6) is 0 Å². The summed E-state index contributed by atoms with van der Waals surface area (Å²) in [5.74, 6) is 0.391. The Labute approximate surface area is 158 Å². The fourth-order valence-corrected chi connectivity index (χ4v) is 3.90. The van der Waals surface area contributed by atoms with E-state index >= 15 is 0 Å². The number of carbonyl (C=O) groups excluding carboxylic acids is 1. The highest BCUT2D eigenvalue weighted by Crippen LogP contribution is 2.43. The molecule has 0 bridgehead atoms. The molecule has 1 atom stereocenters. The molecule has 8 heteroatoms. The number of aromatic nitrogens is 3. The molecule has 1 saturated heterocycles. The largest absolute Gasteiger partial charge is 0.376 e. The van der Waals surface area contributed by atoms with Gasteiger partial charge in [0.1, 0.15) is 5.82 Å². The highest BCUT2D eigenvalue weighted by atomic mass is 16.5. The van der Waals surface area contributed by atoms with Gasteiger partial charge in [0.15, 0.2) is 0 Å². The maximum atomic E-state index is 12.1. The average molecular weight is 373 g/mol. The van der Waals surface area contributed by atoms with Crippen molar-refractivity contribution < 1.29 is 9.53 Å². The van der Waals surface area contributed by atoms with E-state index < -0.39 is 0 Å². The number of H-pyrrole nitrogens is 2. The van der Waals surface area contributed by atoms with Gasteiger partial charge >= 0.3 is 11.7 Å². The minimum Gasteiger partial charge on any atom is -0.376 e. The number of nitrogens with zero attached hydrogens (tertiary/aromatic N) is 1. The van der Waals surface area contributed by atoms with E-state index in [0.717, 1.165) is 19.3 Å². The summed E-state index contributed by atoms with van der Waals surface area (Å²) in [7, 11) is 0. The van der Waals surface area contributed by atoms with Gasteiger partial charge < -0.3 is 15.4 Å². The van der Waals surface area contributed by atoms with E-state index in [9.17, 15) is 9.59 Å². The molecule has 4 N–H and O–H groups in total.